The van der Waals surface area contributed by atoms with E-state index in [9.17, 15) is 4.79 Å². The van der Waals surface area contributed by atoms with Gasteiger partial charge < -0.3 is 13.7 Å². The molecule has 0 unspecified atom stereocenters. The Morgan fingerprint density at radius 1 is 1.16 bits per heavy atom. The second-order valence-electron chi connectivity index (χ2n) is 6.00. The molecule has 25 heavy (non-hydrogen) atoms. The van der Waals surface area contributed by atoms with Crippen LogP contribution in [0.25, 0.3) is 11.5 Å². The van der Waals surface area contributed by atoms with E-state index in [1.54, 1.807) is 30.7 Å². The minimum atomic E-state index is -0.0336. The summed E-state index contributed by atoms with van der Waals surface area (Å²) in [7, 11) is 0. The third kappa shape index (κ3) is 3.17. The molecule has 4 rings (SSSR count). The number of amides is 1. The molecule has 1 aromatic carbocycles. The van der Waals surface area contributed by atoms with Gasteiger partial charge in [0.25, 0.3) is 11.8 Å². The highest BCUT2D eigenvalue weighted by Crippen LogP contribution is 2.30. The number of hydrogen-bond acceptors (Lipinski definition) is 5. The fraction of sp³-hybridized carbons (Fsp3) is 0.278. The van der Waals surface area contributed by atoms with Crippen molar-refractivity contribution >= 4 is 17.5 Å². The maximum Gasteiger partial charge on any atom is 0.255 e. The van der Waals surface area contributed by atoms with E-state index in [1.165, 1.54) is 0 Å². The Morgan fingerprint density at radius 3 is 2.68 bits per heavy atom. The van der Waals surface area contributed by atoms with Gasteiger partial charge >= 0.3 is 0 Å². The van der Waals surface area contributed by atoms with Crippen LogP contribution in [-0.2, 0) is 0 Å². The average Bonchev–Trinajstić information content (AvgIpc) is 3.33. The third-order valence-electron chi connectivity index (χ3n) is 4.44. The summed E-state index contributed by atoms with van der Waals surface area (Å²) in [6.07, 6.45) is 4.70. The molecule has 6 nitrogen and oxygen atoms in total. The Labute approximate surface area is 149 Å². The summed E-state index contributed by atoms with van der Waals surface area (Å²) < 4.78 is 10.8. The second-order valence-corrected chi connectivity index (χ2v) is 6.41. The number of benzene rings is 1. The van der Waals surface area contributed by atoms with Crippen LogP contribution in [0.1, 0.15) is 35.0 Å². The van der Waals surface area contributed by atoms with Crippen LogP contribution in [0, 0.1) is 0 Å². The van der Waals surface area contributed by atoms with Crippen LogP contribution in [-0.4, -0.2) is 34.1 Å². The van der Waals surface area contributed by atoms with Gasteiger partial charge in [0, 0.05) is 19.0 Å². The van der Waals surface area contributed by atoms with E-state index < -0.39 is 0 Å². The molecule has 1 amide bonds. The largest absolute Gasteiger partial charge is 0.472 e. The van der Waals surface area contributed by atoms with Crippen molar-refractivity contribution in [1.82, 2.24) is 15.1 Å². The smallest absolute Gasteiger partial charge is 0.255 e. The van der Waals surface area contributed by atoms with E-state index in [2.05, 4.69) is 10.2 Å². The summed E-state index contributed by atoms with van der Waals surface area (Å²) in [6, 6.07) is 8.91. The van der Waals surface area contributed by atoms with Gasteiger partial charge in [-0.1, -0.05) is 23.7 Å². The monoisotopic (exact) mass is 357 g/mol. The molecule has 0 radical (unpaired) electrons. The number of piperidine rings is 1. The molecule has 1 fully saturated rings. The van der Waals surface area contributed by atoms with Crippen LogP contribution in [0.5, 0.6) is 0 Å². The molecule has 7 heteroatoms. The fourth-order valence-electron chi connectivity index (χ4n) is 3.04. The predicted octanol–water partition coefficient (Wildman–Crippen LogP) is 4.00. The van der Waals surface area contributed by atoms with Crippen molar-refractivity contribution in [2.45, 2.75) is 18.8 Å². The molecule has 0 N–H and O–H groups in total. The van der Waals surface area contributed by atoms with Crippen LogP contribution in [0.3, 0.4) is 0 Å². The normalized spacial score (nSPS) is 15.5. The number of rotatable bonds is 3. The van der Waals surface area contributed by atoms with E-state index in [0.29, 0.717) is 35.5 Å². The zero-order chi connectivity index (χ0) is 17.2. The van der Waals surface area contributed by atoms with Gasteiger partial charge in [0.15, 0.2) is 0 Å². The number of nitrogens with zero attached hydrogens (tertiary/aromatic N) is 3. The van der Waals surface area contributed by atoms with Crippen LogP contribution in [0.2, 0.25) is 5.02 Å². The van der Waals surface area contributed by atoms with Crippen molar-refractivity contribution in [2.24, 2.45) is 0 Å². The number of halogens is 1. The highest BCUT2D eigenvalue weighted by molar-refractivity contribution is 6.33. The van der Waals surface area contributed by atoms with Gasteiger partial charge in [0.1, 0.15) is 6.26 Å². The van der Waals surface area contributed by atoms with E-state index in [4.69, 9.17) is 20.4 Å². The lowest BCUT2D eigenvalue weighted by molar-refractivity contribution is 0.0706. The number of carbonyl (C=O) groups is 1. The summed E-state index contributed by atoms with van der Waals surface area (Å²) in [6.45, 7) is 1.27. The van der Waals surface area contributed by atoms with E-state index in [0.717, 1.165) is 18.4 Å². The standard InChI is InChI=1S/C18H16ClN3O3/c19-15-4-2-1-3-14(15)18(23)22-8-5-12(6-9-22)16-20-21-17(25-16)13-7-10-24-11-13/h1-4,7,10-12H,5-6,8-9H2. The van der Waals surface area contributed by atoms with Crippen molar-refractivity contribution in [2.75, 3.05) is 13.1 Å². The molecule has 0 atom stereocenters. The van der Waals surface area contributed by atoms with Crippen LogP contribution in [0.15, 0.2) is 51.7 Å². The first-order chi connectivity index (χ1) is 12.2. The zero-order valence-electron chi connectivity index (χ0n) is 13.4. The Bertz CT molecular complexity index is 867. The molecule has 0 aliphatic carbocycles. The maximum atomic E-state index is 12.6. The van der Waals surface area contributed by atoms with Gasteiger partial charge in [-0.25, -0.2) is 0 Å². The molecule has 1 aliphatic heterocycles. The minimum Gasteiger partial charge on any atom is -0.472 e. The molecule has 0 spiro atoms. The van der Waals surface area contributed by atoms with Gasteiger partial charge in [-0.15, -0.1) is 10.2 Å². The molecule has 3 aromatic rings. The van der Waals surface area contributed by atoms with Crippen molar-refractivity contribution in [1.29, 1.82) is 0 Å². The molecular formula is C18H16ClN3O3. The number of hydrogen-bond donors (Lipinski definition) is 0. The van der Waals surface area contributed by atoms with Gasteiger partial charge in [-0.3, -0.25) is 4.79 Å². The molecule has 0 saturated carbocycles. The molecule has 0 bridgehead atoms. The molecule has 2 aromatic heterocycles. The van der Waals surface area contributed by atoms with E-state index >= 15 is 0 Å². The first-order valence-corrected chi connectivity index (χ1v) is 8.50. The number of likely N-dealkylation sites (tertiary alicyclic amines) is 1. The Morgan fingerprint density at radius 2 is 1.96 bits per heavy atom. The quantitative estimate of drug-likeness (QED) is 0.708. The van der Waals surface area contributed by atoms with Gasteiger partial charge in [-0.2, -0.15) is 0 Å². The molecule has 128 valence electrons. The van der Waals surface area contributed by atoms with Crippen molar-refractivity contribution < 1.29 is 13.6 Å². The first-order valence-electron chi connectivity index (χ1n) is 8.12. The Kier molecular flexibility index (Phi) is 4.28. The van der Waals surface area contributed by atoms with Crippen LogP contribution >= 0.6 is 11.6 Å². The van der Waals surface area contributed by atoms with E-state index in [-0.39, 0.29) is 11.8 Å². The van der Waals surface area contributed by atoms with Gasteiger partial charge in [-0.05, 0) is 31.0 Å². The minimum absolute atomic E-state index is 0.0336. The molecule has 1 saturated heterocycles. The first kappa shape index (κ1) is 15.9. The van der Waals surface area contributed by atoms with Gasteiger partial charge in [0.05, 0.1) is 22.4 Å². The topological polar surface area (TPSA) is 72.4 Å². The van der Waals surface area contributed by atoms with E-state index in [1.807, 2.05) is 17.0 Å². The number of aromatic nitrogens is 2. The lowest BCUT2D eigenvalue weighted by Crippen LogP contribution is -2.38. The Balaban J connectivity index is 1.42. The molecular weight excluding hydrogens is 342 g/mol. The van der Waals surface area contributed by atoms with Crippen molar-refractivity contribution in [3.63, 3.8) is 0 Å². The molecule has 3 heterocycles. The second kappa shape index (κ2) is 6.72. The Hall–Kier alpha value is -2.60. The highest BCUT2D eigenvalue weighted by Gasteiger charge is 2.28. The summed E-state index contributed by atoms with van der Waals surface area (Å²) in [5.41, 5.74) is 1.31. The number of carbonyl (C=O) groups excluding carboxylic acids is 1. The van der Waals surface area contributed by atoms with Gasteiger partial charge in [0.2, 0.25) is 5.89 Å². The maximum absolute atomic E-state index is 12.6. The SMILES string of the molecule is O=C(c1ccccc1Cl)N1CCC(c2nnc(-c3ccoc3)o2)CC1. The lowest BCUT2D eigenvalue weighted by Gasteiger charge is -2.30. The zero-order valence-corrected chi connectivity index (χ0v) is 14.1. The average molecular weight is 358 g/mol. The molecule has 1 aliphatic rings. The summed E-state index contributed by atoms with van der Waals surface area (Å²) >= 11 is 6.13. The summed E-state index contributed by atoms with van der Waals surface area (Å²) in [5.74, 6) is 1.19. The summed E-state index contributed by atoms with van der Waals surface area (Å²) in [5, 5.41) is 8.71. The third-order valence-corrected chi connectivity index (χ3v) is 4.77. The summed E-state index contributed by atoms with van der Waals surface area (Å²) in [4.78, 5) is 14.4. The lowest BCUT2D eigenvalue weighted by atomic mass is 9.96. The number of furan rings is 1. The van der Waals surface area contributed by atoms with Crippen LogP contribution < -0.4 is 0 Å². The highest BCUT2D eigenvalue weighted by atomic mass is 35.5. The van der Waals surface area contributed by atoms with Crippen molar-refractivity contribution in [3.8, 4) is 11.5 Å². The van der Waals surface area contributed by atoms with Crippen molar-refractivity contribution in [3.05, 3.63) is 59.3 Å². The van der Waals surface area contributed by atoms with Crippen LogP contribution in [0.4, 0.5) is 0 Å². The predicted molar refractivity (Wildman–Crippen MR) is 91.3 cm³/mol. The fourth-order valence-corrected chi connectivity index (χ4v) is 3.25.